The van der Waals surface area contributed by atoms with E-state index in [1.807, 2.05) is 26.0 Å². The summed E-state index contributed by atoms with van der Waals surface area (Å²) in [4.78, 5) is 44.5. The number of nitriles is 1. The van der Waals surface area contributed by atoms with Crippen LogP contribution in [0.5, 0.6) is 0 Å². The van der Waals surface area contributed by atoms with Gasteiger partial charge in [0, 0.05) is 48.6 Å². The highest BCUT2D eigenvalue weighted by Gasteiger charge is 2.35. The molecule has 1 aromatic heterocycles. The number of pyridine rings is 1. The number of benzene rings is 1. The molecule has 0 aliphatic carbocycles. The molecule has 196 valence electrons. The summed E-state index contributed by atoms with van der Waals surface area (Å²) in [7, 11) is 1.60. The summed E-state index contributed by atoms with van der Waals surface area (Å²) in [6, 6.07) is 5.59. The fourth-order valence-electron chi connectivity index (χ4n) is 5.49. The first-order valence-electron chi connectivity index (χ1n) is 12.3. The van der Waals surface area contributed by atoms with Gasteiger partial charge in [-0.2, -0.15) is 5.26 Å². The van der Waals surface area contributed by atoms with Crippen LogP contribution in [-0.4, -0.2) is 53.3 Å². The van der Waals surface area contributed by atoms with Gasteiger partial charge in [-0.15, -0.1) is 0 Å². The second-order valence-corrected chi connectivity index (χ2v) is 10.5. The number of H-pyrrole nitrogens is 1. The predicted molar refractivity (Wildman–Crippen MR) is 141 cm³/mol. The highest BCUT2D eigenvalue weighted by atomic mass is 35.5. The third-order valence-electron chi connectivity index (χ3n) is 7.43. The second kappa shape index (κ2) is 11.3. The quantitative estimate of drug-likeness (QED) is 0.582. The van der Waals surface area contributed by atoms with Gasteiger partial charge < -0.3 is 19.5 Å². The summed E-state index contributed by atoms with van der Waals surface area (Å²) in [6.07, 6.45) is 1.35. The lowest BCUT2D eigenvalue weighted by Crippen LogP contribution is -2.40. The fourth-order valence-corrected chi connectivity index (χ4v) is 6.15. The first kappa shape index (κ1) is 27.2. The summed E-state index contributed by atoms with van der Waals surface area (Å²) in [5.74, 6) is -0.370. The molecule has 8 nitrogen and oxygen atoms in total. The zero-order valence-corrected chi connectivity index (χ0v) is 22.7. The smallest absolute Gasteiger partial charge is 0.256 e. The molecule has 0 saturated carbocycles. The topological polar surface area (TPSA) is 106 Å². The van der Waals surface area contributed by atoms with Crippen LogP contribution >= 0.6 is 23.2 Å². The maximum Gasteiger partial charge on any atom is 0.256 e. The minimum atomic E-state index is -0.408. The summed E-state index contributed by atoms with van der Waals surface area (Å²) in [5.41, 5.74) is 3.66. The average molecular weight is 545 g/mol. The van der Waals surface area contributed by atoms with Crippen LogP contribution in [-0.2, 0) is 22.5 Å². The van der Waals surface area contributed by atoms with Gasteiger partial charge in [-0.25, -0.2) is 0 Å². The van der Waals surface area contributed by atoms with E-state index in [1.165, 1.54) is 0 Å². The van der Waals surface area contributed by atoms with Gasteiger partial charge in [0.05, 0.1) is 29.3 Å². The summed E-state index contributed by atoms with van der Waals surface area (Å²) >= 11 is 13.6. The molecular weight excluding hydrogens is 515 g/mol. The van der Waals surface area contributed by atoms with Crippen molar-refractivity contribution in [2.24, 2.45) is 5.92 Å². The zero-order valence-electron chi connectivity index (χ0n) is 21.2. The number of fused-ring (bicyclic) bond motifs is 1. The van der Waals surface area contributed by atoms with E-state index < -0.39 is 6.10 Å². The Morgan fingerprint density at radius 2 is 1.92 bits per heavy atom. The minimum absolute atomic E-state index is 0.0614. The van der Waals surface area contributed by atoms with Crippen LogP contribution in [0.3, 0.4) is 0 Å². The van der Waals surface area contributed by atoms with Gasteiger partial charge in [-0.1, -0.05) is 23.2 Å². The lowest BCUT2D eigenvalue weighted by atomic mass is 9.85. The molecule has 3 heterocycles. The van der Waals surface area contributed by atoms with Crippen molar-refractivity contribution in [1.82, 2.24) is 14.8 Å². The number of nitrogens with one attached hydrogen (secondary N) is 1. The van der Waals surface area contributed by atoms with Crippen LogP contribution in [0, 0.1) is 31.1 Å². The Balaban J connectivity index is 1.61. The van der Waals surface area contributed by atoms with Gasteiger partial charge in [0.15, 0.2) is 0 Å². The number of carbonyl (C=O) groups is 2. The van der Waals surface area contributed by atoms with Gasteiger partial charge in [0.25, 0.3) is 11.5 Å². The van der Waals surface area contributed by atoms with Crippen LogP contribution in [0.25, 0.3) is 0 Å². The lowest BCUT2D eigenvalue weighted by Gasteiger charge is -2.37. The van der Waals surface area contributed by atoms with E-state index >= 15 is 0 Å². The van der Waals surface area contributed by atoms with Crippen molar-refractivity contribution in [2.75, 3.05) is 26.7 Å². The highest BCUT2D eigenvalue weighted by Crippen LogP contribution is 2.42. The summed E-state index contributed by atoms with van der Waals surface area (Å²) in [5, 5.41) is 9.60. The Morgan fingerprint density at radius 3 is 2.54 bits per heavy atom. The maximum atomic E-state index is 13.7. The number of rotatable bonds is 6. The van der Waals surface area contributed by atoms with Crippen molar-refractivity contribution >= 4 is 35.0 Å². The second-order valence-electron chi connectivity index (χ2n) is 9.74. The van der Waals surface area contributed by atoms with Crippen molar-refractivity contribution in [2.45, 2.75) is 52.2 Å². The van der Waals surface area contributed by atoms with E-state index in [0.717, 1.165) is 11.3 Å². The van der Waals surface area contributed by atoms with Gasteiger partial charge in [0.1, 0.15) is 6.42 Å². The molecule has 2 aliphatic heterocycles. The first-order valence-corrected chi connectivity index (χ1v) is 13.1. The van der Waals surface area contributed by atoms with Gasteiger partial charge in [-0.05, 0) is 62.3 Å². The lowest BCUT2D eigenvalue weighted by molar-refractivity contribution is -0.132. The molecule has 2 amide bonds. The minimum Gasteiger partial charge on any atom is -0.376 e. The van der Waals surface area contributed by atoms with Crippen molar-refractivity contribution in [1.29, 1.82) is 5.26 Å². The normalized spacial score (nSPS) is 16.9. The Morgan fingerprint density at radius 1 is 1.22 bits per heavy atom. The van der Waals surface area contributed by atoms with Gasteiger partial charge in [-0.3, -0.25) is 14.4 Å². The number of carbonyl (C=O) groups excluding carboxylic acids is 2. The van der Waals surface area contributed by atoms with Crippen molar-refractivity contribution < 1.29 is 14.3 Å². The Bertz CT molecular complexity index is 1330. The SMILES string of the molecule is COC(c1cc(Cl)c2c(c1Cl)C(=O)N(Cc1c(C)cc(C)[nH]c1=O)CC2)C1CCN(C(=O)CC#N)CC1. The Kier molecular flexibility index (Phi) is 8.27. The molecule has 1 unspecified atom stereocenters. The molecule has 1 aromatic carbocycles. The molecule has 37 heavy (non-hydrogen) atoms. The number of aryl methyl sites for hydroxylation is 2. The molecular formula is C27H30Cl2N4O4. The molecule has 2 aromatic rings. The molecule has 0 bridgehead atoms. The largest absolute Gasteiger partial charge is 0.376 e. The molecule has 1 atom stereocenters. The van der Waals surface area contributed by atoms with Gasteiger partial charge in [0.2, 0.25) is 5.91 Å². The van der Waals surface area contributed by atoms with Crippen LogP contribution < -0.4 is 5.56 Å². The van der Waals surface area contributed by atoms with E-state index in [4.69, 9.17) is 33.2 Å². The number of amides is 2. The summed E-state index contributed by atoms with van der Waals surface area (Å²) < 4.78 is 5.88. The van der Waals surface area contributed by atoms with Crippen LogP contribution in [0.4, 0.5) is 0 Å². The van der Waals surface area contributed by atoms with Crippen LogP contribution in [0.1, 0.15) is 63.7 Å². The number of likely N-dealkylation sites (tertiary alicyclic amines) is 1. The van der Waals surface area contributed by atoms with E-state index in [0.29, 0.717) is 71.2 Å². The number of halogens is 2. The molecule has 4 rings (SSSR count). The van der Waals surface area contributed by atoms with Crippen LogP contribution in [0.15, 0.2) is 16.9 Å². The average Bonchev–Trinajstić information content (AvgIpc) is 2.86. The fraction of sp³-hybridized carbons (Fsp3) is 0.481. The van der Waals surface area contributed by atoms with Crippen molar-refractivity contribution in [3.05, 3.63) is 66.0 Å². The van der Waals surface area contributed by atoms with Gasteiger partial charge >= 0.3 is 0 Å². The molecule has 1 N–H and O–H groups in total. The number of piperidine rings is 1. The highest BCUT2D eigenvalue weighted by molar-refractivity contribution is 6.37. The third-order valence-corrected chi connectivity index (χ3v) is 8.18. The van der Waals surface area contributed by atoms with E-state index in [2.05, 4.69) is 4.98 Å². The van der Waals surface area contributed by atoms with Crippen molar-refractivity contribution in [3.63, 3.8) is 0 Å². The Labute approximate surface area is 226 Å². The number of hydrogen-bond acceptors (Lipinski definition) is 5. The summed E-state index contributed by atoms with van der Waals surface area (Å²) in [6.45, 7) is 5.35. The molecule has 0 spiro atoms. The standard InChI is InChI=1S/C27H30Cl2N4O4/c1-15-12-16(2)31-26(35)20(15)14-33-11-7-18-21(28)13-19(24(29)23(18)27(33)36)25(37-3)17-5-9-32(10-6-17)22(34)4-8-30/h12-13,17,25H,4-7,9-11,14H2,1-3H3,(H,31,35). The van der Waals surface area contributed by atoms with E-state index in [1.54, 1.807) is 23.0 Å². The maximum absolute atomic E-state index is 13.7. The monoisotopic (exact) mass is 544 g/mol. The number of methoxy groups -OCH3 is 1. The van der Waals surface area contributed by atoms with E-state index in [-0.39, 0.29) is 36.3 Å². The van der Waals surface area contributed by atoms with E-state index in [9.17, 15) is 14.4 Å². The zero-order chi connectivity index (χ0) is 26.9. The number of aromatic amines is 1. The third kappa shape index (κ3) is 5.40. The number of ether oxygens (including phenoxy) is 1. The first-order chi connectivity index (χ1) is 17.7. The predicted octanol–water partition coefficient (Wildman–Crippen LogP) is 4.34. The number of aromatic nitrogens is 1. The molecule has 10 heteroatoms. The Hall–Kier alpha value is -2.86. The van der Waals surface area contributed by atoms with Crippen LogP contribution in [0.2, 0.25) is 10.0 Å². The molecule has 2 aliphatic rings. The molecule has 1 saturated heterocycles. The number of hydrogen-bond donors (Lipinski definition) is 1. The number of nitrogens with zero attached hydrogens (tertiary/aromatic N) is 3. The van der Waals surface area contributed by atoms with Crippen molar-refractivity contribution in [3.8, 4) is 6.07 Å². The molecule has 1 fully saturated rings. The molecule has 0 radical (unpaired) electrons.